The van der Waals surface area contributed by atoms with Crippen LogP contribution < -0.4 is 5.32 Å². The number of Topliss-reactive ketones (excluding diaryl/α,β-unsaturated/α-hetero) is 1. The average Bonchev–Trinajstić information content (AvgIpc) is 3.21. The number of hydrogen-bond acceptors (Lipinski definition) is 6. The Morgan fingerprint density at radius 2 is 1.75 bits per heavy atom. The molecule has 1 aromatic carbocycles. The van der Waals surface area contributed by atoms with E-state index in [1.807, 2.05) is 13.0 Å². The molecular formula is C23H26N4O4S. The standard InChI is InChI=1S/C23H26N4O4S/c1-5-32(30,31)19-9-6-17(7-10-19)14-21(28)25-18-8-11-20(24-15-18)22(29)23(3,4)27-13-12-16(2)26-27/h6-13,15H,5,14H2,1-4H3,(H,25,28). The van der Waals surface area contributed by atoms with Gasteiger partial charge < -0.3 is 5.32 Å². The van der Waals surface area contributed by atoms with Crippen LogP contribution in [0.3, 0.4) is 0 Å². The number of carbonyl (C=O) groups excluding carboxylic acids is 2. The van der Waals surface area contributed by atoms with E-state index in [2.05, 4.69) is 15.4 Å². The first-order valence-electron chi connectivity index (χ1n) is 10.2. The lowest BCUT2D eigenvalue weighted by molar-refractivity contribution is -0.115. The zero-order valence-corrected chi connectivity index (χ0v) is 19.3. The van der Waals surface area contributed by atoms with Gasteiger partial charge in [0.1, 0.15) is 11.2 Å². The number of ketones is 1. The molecular weight excluding hydrogens is 428 g/mol. The molecule has 0 radical (unpaired) electrons. The van der Waals surface area contributed by atoms with E-state index in [4.69, 9.17) is 0 Å². The largest absolute Gasteiger partial charge is 0.324 e. The summed E-state index contributed by atoms with van der Waals surface area (Å²) in [6.45, 7) is 6.99. The van der Waals surface area contributed by atoms with Crippen LogP contribution in [0.1, 0.15) is 42.5 Å². The number of hydrogen-bond donors (Lipinski definition) is 1. The van der Waals surface area contributed by atoms with Crippen molar-refractivity contribution in [3.63, 3.8) is 0 Å². The number of nitrogens with zero attached hydrogens (tertiary/aromatic N) is 3. The van der Waals surface area contributed by atoms with Crippen molar-refractivity contribution in [3.8, 4) is 0 Å². The molecule has 0 aliphatic heterocycles. The maximum Gasteiger partial charge on any atom is 0.228 e. The average molecular weight is 455 g/mol. The Labute approximate surface area is 187 Å². The van der Waals surface area contributed by atoms with Crippen LogP contribution in [-0.4, -0.2) is 40.6 Å². The van der Waals surface area contributed by atoms with Gasteiger partial charge in [-0.05, 0) is 56.7 Å². The van der Waals surface area contributed by atoms with Crippen LogP contribution in [0, 0.1) is 6.92 Å². The Hall–Kier alpha value is -3.33. The maximum atomic E-state index is 12.9. The van der Waals surface area contributed by atoms with Crippen molar-refractivity contribution in [1.82, 2.24) is 14.8 Å². The summed E-state index contributed by atoms with van der Waals surface area (Å²) in [6.07, 6.45) is 3.28. The van der Waals surface area contributed by atoms with Crippen LogP contribution in [0.2, 0.25) is 0 Å². The van der Waals surface area contributed by atoms with Crippen LogP contribution in [0.5, 0.6) is 0 Å². The zero-order valence-electron chi connectivity index (χ0n) is 18.5. The van der Waals surface area contributed by atoms with E-state index >= 15 is 0 Å². The molecule has 8 nitrogen and oxygen atoms in total. The molecule has 0 bridgehead atoms. The van der Waals surface area contributed by atoms with E-state index in [9.17, 15) is 18.0 Å². The summed E-state index contributed by atoms with van der Waals surface area (Å²) in [5.74, 6) is -0.443. The van der Waals surface area contributed by atoms with Crippen LogP contribution in [0.25, 0.3) is 0 Å². The minimum Gasteiger partial charge on any atom is -0.324 e. The molecule has 168 valence electrons. The number of sulfone groups is 1. The molecule has 3 aromatic rings. The third-order valence-electron chi connectivity index (χ3n) is 5.16. The molecule has 0 fully saturated rings. The number of rotatable bonds is 8. The third kappa shape index (κ3) is 5.11. The van der Waals surface area contributed by atoms with Gasteiger partial charge in [-0.1, -0.05) is 19.1 Å². The van der Waals surface area contributed by atoms with E-state index in [-0.39, 0.29) is 34.5 Å². The molecule has 0 aliphatic carbocycles. The van der Waals surface area contributed by atoms with Gasteiger partial charge in [0.05, 0.1) is 34.6 Å². The van der Waals surface area contributed by atoms with E-state index in [1.54, 1.807) is 55.9 Å². The normalized spacial score (nSPS) is 11.9. The zero-order chi connectivity index (χ0) is 23.5. The smallest absolute Gasteiger partial charge is 0.228 e. The monoisotopic (exact) mass is 454 g/mol. The molecule has 0 atom stereocenters. The number of aromatic nitrogens is 3. The summed E-state index contributed by atoms with van der Waals surface area (Å²) < 4.78 is 25.4. The molecule has 0 spiro atoms. The Balaban J connectivity index is 1.64. The number of anilines is 1. The van der Waals surface area contributed by atoms with E-state index in [0.717, 1.165) is 5.69 Å². The highest BCUT2D eigenvalue weighted by atomic mass is 32.2. The first kappa shape index (κ1) is 23.3. The SMILES string of the molecule is CCS(=O)(=O)c1ccc(CC(=O)Nc2ccc(C(=O)C(C)(C)n3ccc(C)n3)nc2)cc1. The number of benzene rings is 1. The maximum absolute atomic E-state index is 12.9. The van der Waals surface area contributed by atoms with Crippen molar-refractivity contribution in [3.05, 3.63) is 71.8 Å². The van der Waals surface area contributed by atoms with Crippen LogP contribution >= 0.6 is 0 Å². The van der Waals surface area contributed by atoms with Gasteiger partial charge in [0.2, 0.25) is 11.7 Å². The first-order chi connectivity index (χ1) is 15.0. The van der Waals surface area contributed by atoms with Crippen LogP contribution in [-0.2, 0) is 26.6 Å². The molecule has 1 N–H and O–H groups in total. The predicted molar refractivity (Wildman–Crippen MR) is 121 cm³/mol. The minimum atomic E-state index is -3.27. The number of pyridine rings is 1. The second-order valence-electron chi connectivity index (χ2n) is 7.99. The summed E-state index contributed by atoms with van der Waals surface area (Å²) in [5, 5.41) is 7.06. The summed E-state index contributed by atoms with van der Waals surface area (Å²) in [7, 11) is -3.27. The van der Waals surface area contributed by atoms with Crippen molar-refractivity contribution >= 4 is 27.2 Å². The van der Waals surface area contributed by atoms with Crippen molar-refractivity contribution in [2.24, 2.45) is 0 Å². The molecule has 9 heteroatoms. The summed E-state index contributed by atoms with van der Waals surface area (Å²) in [5.41, 5.74) is 1.34. The molecule has 0 saturated carbocycles. The third-order valence-corrected chi connectivity index (χ3v) is 6.91. The van der Waals surface area contributed by atoms with Gasteiger partial charge >= 0.3 is 0 Å². The Morgan fingerprint density at radius 3 is 2.28 bits per heavy atom. The van der Waals surface area contributed by atoms with Crippen molar-refractivity contribution < 1.29 is 18.0 Å². The van der Waals surface area contributed by atoms with Gasteiger partial charge in [0, 0.05) is 6.20 Å². The molecule has 0 aliphatic rings. The number of nitrogens with one attached hydrogen (secondary N) is 1. The highest BCUT2D eigenvalue weighted by Crippen LogP contribution is 2.21. The number of aryl methyl sites for hydroxylation is 1. The summed E-state index contributed by atoms with van der Waals surface area (Å²) in [6, 6.07) is 11.3. The van der Waals surface area contributed by atoms with E-state index < -0.39 is 15.4 Å². The second kappa shape index (κ2) is 9.04. The fourth-order valence-electron chi connectivity index (χ4n) is 3.12. The lowest BCUT2D eigenvalue weighted by atomic mass is 9.96. The molecule has 2 heterocycles. The molecule has 2 aromatic heterocycles. The Bertz CT molecular complexity index is 1230. The van der Waals surface area contributed by atoms with Crippen molar-refractivity contribution in [2.45, 2.75) is 44.6 Å². The molecule has 1 amide bonds. The summed E-state index contributed by atoms with van der Waals surface area (Å²) in [4.78, 5) is 29.7. The van der Waals surface area contributed by atoms with Gasteiger partial charge in [-0.15, -0.1) is 0 Å². The topological polar surface area (TPSA) is 111 Å². The number of amides is 1. The first-order valence-corrected chi connectivity index (χ1v) is 11.8. The van der Waals surface area contributed by atoms with Gasteiger partial charge in [-0.2, -0.15) is 5.10 Å². The highest BCUT2D eigenvalue weighted by molar-refractivity contribution is 7.91. The van der Waals surface area contributed by atoms with Gasteiger partial charge in [0.15, 0.2) is 9.84 Å². The van der Waals surface area contributed by atoms with Gasteiger partial charge in [0.25, 0.3) is 0 Å². The van der Waals surface area contributed by atoms with Crippen molar-refractivity contribution in [2.75, 3.05) is 11.1 Å². The van der Waals surface area contributed by atoms with Gasteiger partial charge in [-0.3, -0.25) is 19.3 Å². The van der Waals surface area contributed by atoms with Crippen LogP contribution in [0.4, 0.5) is 5.69 Å². The van der Waals surface area contributed by atoms with Gasteiger partial charge in [-0.25, -0.2) is 8.42 Å². The fraction of sp³-hybridized carbons (Fsp3) is 0.304. The van der Waals surface area contributed by atoms with E-state index in [1.165, 1.54) is 18.3 Å². The predicted octanol–water partition coefficient (Wildman–Crippen LogP) is 3.18. The second-order valence-corrected chi connectivity index (χ2v) is 10.3. The Morgan fingerprint density at radius 1 is 1.06 bits per heavy atom. The Kier molecular flexibility index (Phi) is 6.59. The summed E-state index contributed by atoms with van der Waals surface area (Å²) >= 11 is 0. The molecule has 0 saturated heterocycles. The lowest BCUT2D eigenvalue weighted by Crippen LogP contribution is -2.37. The number of carbonyl (C=O) groups is 2. The van der Waals surface area contributed by atoms with Crippen molar-refractivity contribution in [1.29, 1.82) is 0 Å². The lowest BCUT2D eigenvalue weighted by Gasteiger charge is -2.23. The minimum absolute atomic E-state index is 0.0249. The molecule has 32 heavy (non-hydrogen) atoms. The highest BCUT2D eigenvalue weighted by Gasteiger charge is 2.32. The molecule has 0 unspecified atom stereocenters. The quantitative estimate of drug-likeness (QED) is 0.523. The van der Waals surface area contributed by atoms with E-state index in [0.29, 0.717) is 11.3 Å². The fourth-order valence-corrected chi connectivity index (χ4v) is 4.00. The van der Waals surface area contributed by atoms with Crippen LogP contribution in [0.15, 0.2) is 59.8 Å². The molecule has 3 rings (SSSR count).